The van der Waals surface area contributed by atoms with E-state index in [1.165, 1.54) is 11.8 Å². The second-order valence-electron chi connectivity index (χ2n) is 5.68. The number of aromatic carboxylic acids is 1. The Morgan fingerprint density at radius 1 is 1.08 bits per heavy atom. The van der Waals surface area contributed by atoms with Crippen molar-refractivity contribution < 1.29 is 14.7 Å². The predicted molar refractivity (Wildman–Crippen MR) is 91.0 cm³/mol. The number of hydrogen-bond acceptors (Lipinski definition) is 4. The monoisotopic (exact) mass is 389 g/mol. The minimum absolute atomic E-state index is 0.167. The lowest BCUT2D eigenvalue weighted by molar-refractivity contribution is 0.0679. The number of carbonyl (C=O) groups is 2. The van der Waals surface area contributed by atoms with Crippen molar-refractivity contribution in [2.24, 2.45) is 0 Å². The third kappa shape index (κ3) is 3.46. The summed E-state index contributed by atoms with van der Waals surface area (Å²) in [6, 6.07) is 8.16. The minimum Gasteiger partial charge on any atom is -0.476 e. The Hall–Kier alpha value is -2.28. The fourth-order valence-electron chi connectivity index (χ4n) is 2.91. The van der Waals surface area contributed by atoms with E-state index < -0.39 is 5.97 Å². The summed E-state index contributed by atoms with van der Waals surface area (Å²) in [7, 11) is 0. The van der Waals surface area contributed by atoms with Gasteiger partial charge in [0.05, 0.1) is 12.4 Å². The zero-order valence-electron chi connectivity index (χ0n) is 12.9. The Morgan fingerprint density at radius 2 is 1.71 bits per heavy atom. The third-order valence-corrected chi connectivity index (χ3v) is 4.94. The summed E-state index contributed by atoms with van der Waals surface area (Å²) >= 11 is 3.58. The van der Waals surface area contributed by atoms with Gasteiger partial charge in [-0.2, -0.15) is 0 Å². The highest BCUT2D eigenvalue weighted by atomic mass is 79.9. The number of carboxylic acid groups (broad SMARTS) is 1. The molecule has 6 nitrogen and oxygen atoms in total. The average Bonchev–Trinajstić information content (AvgIpc) is 2.62. The SMILES string of the molecule is O=C(O)c1cnc(C(=O)N2CCC(c3ccccc3Br)CC2)cn1. The van der Waals surface area contributed by atoms with Gasteiger partial charge in [-0.05, 0) is 30.4 Å². The lowest BCUT2D eigenvalue weighted by atomic mass is 9.89. The number of halogens is 1. The molecule has 0 spiro atoms. The molecule has 1 aliphatic heterocycles. The van der Waals surface area contributed by atoms with E-state index in [0.717, 1.165) is 23.5 Å². The number of likely N-dealkylation sites (tertiary alicyclic amines) is 1. The lowest BCUT2D eigenvalue weighted by Crippen LogP contribution is -2.38. The van der Waals surface area contributed by atoms with Crippen molar-refractivity contribution in [2.45, 2.75) is 18.8 Å². The van der Waals surface area contributed by atoms with Gasteiger partial charge < -0.3 is 10.0 Å². The highest BCUT2D eigenvalue weighted by Crippen LogP contribution is 2.33. The molecule has 1 amide bonds. The summed E-state index contributed by atoms with van der Waals surface area (Å²) in [4.78, 5) is 32.7. The molecule has 0 atom stereocenters. The maximum atomic E-state index is 12.5. The molecule has 0 bridgehead atoms. The van der Waals surface area contributed by atoms with E-state index in [1.807, 2.05) is 18.2 Å². The number of amides is 1. The minimum atomic E-state index is -1.16. The van der Waals surface area contributed by atoms with Crippen LogP contribution in [0.5, 0.6) is 0 Å². The molecule has 0 radical (unpaired) electrons. The van der Waals surface area contributed by atoms with E-state index in [2.05, 4.69) is 32.0 Å². The molecule has 1 N–H and O–H groups in total. The highest BCUT2D eigenvalue weighted by molar-refractivity contribution is 9.10. The second kappa shape index (κ2) is 7.09. The Labute approximate surface area is 147 Å². The smallest absolute Gasteiger partial charge is 0.356 e. The Balaban J connectivity index is 1.65. The van der Waals surface area contributed by atoms with Crippen LogP contribution >= 0.6 is 15.9 Å². The maximum absolute atomic E-state index is 12.5. The zero-order chi connectivity index (χ0) is 17.1. The van der Waals surface area contributed by atoms with Crippen molar-refractivity contribution in [3.63, 3.8) is 0 Å². The molecule has 3 rings (SSSR count). The van der Waals surface area contributed by atoms with Crippen molar-refractivity contribution in [1.82, 2.24) is 14.9 Å². The van der Waals surface area contributed by atoms with Crippen LogP contribution in [0.25, 0.3) is 0 Å². The van der Waals surface area contributed by atoms with Crippen LogP contribution in [0.15, 0.2) is 41.1 Å². The molecule has 0 saturated carbocycles. The van der Waals surface area contributed by atoms with E-state index >= 15 is 0 Å². The summed E-state index contributed by atoms with van der Waals surface area (Å²) in [5, 5.41) is 8.82. The Kier molecular flexibility index (Phi) is 4.89. The molecule has 1 aromatic carbocycles. The van der Waals surface area contributed by atoms with Crippen LogP contribution in [0.3, 0.4) is 0 Å². The van der Waals surface area contributed by atoms with Gasteiger partial charge in [0.1, 0.15) is 5.69 Å². The van der Waals surface area contributed by atoms with Gasteiger partial charge in [-0.25, -0.2) is 14.8 Å². The number of aromatic nitrogens is 2. The van der Waals surface area contributed by atoms with Gasteiger partial charge >= 0.3 is 5.97 Å². The molecule has 2 aromatic rings. The number of benzene rings is 1. The summed E-state index contributed by atoms with van der Waals surface area (Å²) in [5.41, 5.74) is 1.29. The Bertz CT molecular complexity index is 756. The van der Waals surface area contributed by atoms with Crippen LogP contribution in [0.1, 0.15) is 45.3 Å². The molecule has 0 aliphatic carbocycles. The van der Waals surface area contributed by atoms with Gasteiger partial charge in [0, 0.05) is 17.6 Å². The number of rotatable bonds is 3. The zero-order valence-corrected chi connectivity index (χ0v) is 14.4. The fraction of sp³-hybridized carbons (Fsp3) is 0.294. The molecular formula is C17H16BrN3O3. The van der Waals surface area contributed by atoms with Gasteiger partial charge in [-0.1, -0.05) is 34.1 Å². The number of carboxylic acids is 1. The topological polar surface area (TPSA) is 83.4 Å². The van der Waals surface area contributed by atoms with Gasteiger partial charge in [-0.3, -0.25) is 4.79 Å². The lowest BCUT2D eigenvalue weighted by Gasteiger charge is -2.32. The van der Waals surface area contributed by atoms with Crippen LogP contribution in [-0.2, 0) is 0 Å². The Morgan fingerprint density at radius 3 is 2.29 bits per heavy atom. The molecule has 7 heteroatoms. The molecule has 24 heavy (non-hydrogen) atoms. The fourth-order valence-corrected chi connectivity index (χ4v) is 3.52. The summed E-state index contributed by atoms with van der Waals surface area (Å²) in [6.45, 7) is 1.29. The van der Waals surface area contributed by atoms with Crippen molar-refractivity contribution in [3.8, 4) is 0 Å². The molecule has 2 heterocycles. The van der Waals surface area contributed by atoms with Gasteiger partial charge in [0.25, 0.3) is 5.91 Å². The molecular weight excluding hydrogens is 374 g/mol. The van der Waals surface area contributed by atoms with Gasteiger partial charge in [0.15, 0.2) is 5.69 Å². The van der Waals surface area contributed by atoms with Crippen molar-refractivity contribution >= 4 is 27.8 Å². The average molecular weight is 390 g/mol. The molecule has 1 aromatic heterocycles. The summed E-state index contributed by atoms with van der Waals surface area (Å²) < 4.78 is 1.10. The van der Waals surface area contributed by atoms with E-state index in [9.17, 15) is 9.59 Å². The molecule has 1 aliphatic rings. The normalized spacial score (nSPS) is 15.3. The van der Waals surface area contributed by atoms with E-state index in [4.69, 9.17) is 5.11 Å². The summed E-state index contributed by atoms with van der Waals surface area (Å²) in [5.74, 6) is -0.939. The number of nitrogens with zero attached hydrogens (tertiary/aromatic N) is 3. The standard InChI is InChI=1S/C17H16BrN3O3/c18-13-4-2-1-3-12(13)11-5-7-21(8-6-11)16(22)14-9-20-15(10-19-14)17(23)24/h1-4,9-11H,5-8H2,(H,23,24). The second-order valence-corrected chi connectivity index (χ2v) is 6.53. The third-order valence-electron chi connectivity index (χ3n) is 4.22. The van der Waals surface area contributed by atoms with E-state index in [1.54, 1.807) is 4.90 Å². The molecule has 1 fully saturated rings. The van der Waals surface area contributed by atoms with Crippen LogP contribution < -0.4 is 0 Å². The predicted octanol–water partition coefficient (Wildman–Crippen LogP) is 2.96. The molecule has 0 unspecified atom stereocenters. The molecule has 1 saturated heterocycles. The van der Waals surface area contributed by atoms with Crippen LogP contribution in [0, 0.1) is 0 Å². The number of carbonyl (C=O) groups excluding carboxylic acids is 1. The highest BCUT2D eigenvalue weighted by Gasteiger charge is 2.26. The van der Waals surface area contributed by atoms with Crippen LogP contribution in [-0.4, -0.2) is 44.9 Å². The quantitative estimate of drug-likeness (QED) is 0.871. The van der Waals surface area contributed by atoms with Crippen LogP contribution in [0.4, 0.5) is 0 Å². The van der Waals surface area contributed by atoms with Crippen molar-refractivity contribution in [1.29, 1.82) is 0 Å². The largest absolute Gasteiger partial charge is 0.476 e. The van der Waals surface area contributed by atoms with Crippen LogP contribution in [0.2, 0.25) is 0 Å². The summed E-state index contributed by atoms with van der Waals surface area (Å²) in [6.07, 6.45) is 4.11. The van der Waals surface area contributed by atoms with E-state index in [-0.39, 0.29) is 17.3 Å². The first-order valence-electron chi connectivity index (χ1n) is 7.65. The van der Waals surface area contributed by atoms with Gasteiger partial charge in [-0.15, -0.1) is 0 Å². The van der Waals surface area contributed by atoms with Gasteiger partial charge in [0.2, 0.25) is 0 Å². The maximum Gasteiger partial charge on any atom is 0.356 e. The van der Waals surface area contributed by atoms with E-state index in [0.29, 0.717) is 19.0 Å². The first-order valence-corrected chi connectivity index (χ1v) is 8.44. The van der Waals surface area contributed by atoms with Crippen molar-refractivity contribution in [2.75, 3.05) is 13.1 Å². The number of piperidine rings is 1. The number of hydrogen-bond donors (Lipinski definition) is 1. The first kappa shape index (κ1) is 16.6. The first-order chi connectivity index (χ1) is 11.6. The molecule has 124 valence electrons. The van der Waals surface area contributed by atoms with Crippen molar-refractivity contribution in [3.05, 3.63) is 58.1 Å².